The Balaban J connectivity index is 1.59. The molecule has 0 fully saturated rings. The molecule has 0 radical (unpaired) electrons. The molecule has 0 N–H and O–H groups in total. The van der Waals surface area contributed by atoms with E-state index in [4.69, 9.17) is 9.47 Å². The second-order valence-corrected chi connectivity index (χ2v) is 7.25. The predicted octanol–water partition coefficient (Wildman–Crippen LogP) is 4.13. The Labute approximate surface area is 164 Å². The van der Waals surface area contributed by atoms with E-state index in [1.807, 2.05) is 12.1 Å². The van der Waals surface area contributed by atoms with Crippen LogP contribution in [0.1, 0.15) is 22.5 Å². The van der Waals surface area contributed by atoms with Crippen molar-refractivity contribution < 1.29 is 9.47 Å². The van der Waals surface area contributed by atoms with E-state index in [2.05, 4.69) is 58.6 Å². The van der Waals surface area contributed by atoms with Gasteiger partial charge in [0.2, 0.25) is 5.13 Å². The van der Waals surface area contributed by atoms with Crippen LogP contribution in [0.25, 0.3) is 0 Å². The molecule has 3 rings (SSSR count). The van der Waals surface area contributed by atoms with Crippen LogP contribution < -0.4 is 14.4 Å². The summed E-state index contributed by atoms with van der Waals surface area (Å²) in [6.07, 6.45) is 1.66. The molecule has 5 nitrogen and oxygen atoms in total. The highest BCUT2D eigenvalue weighted by atomic mass is 32.1. The summed E-state index contributed by atoms with van der Waals surface area (Å²) >= 11 is 1.45. The van der Waals surface area contributed by atoms with E-state index in [9.17, 15) is 0 Å². The monoisotopic (exact) mass is 383 g/mol. The fraction of sp³-hybridized carbons (Fsp3) is 0.333. The number of likely N-dealkylation sites (N-methyl/N-ethyl adjacent to an activating group) is 1. The lowest BCUT2D eigenvalue weighted by Gasteiger charge is -2.15. The third kappa shape index (κ3) is 4.98. The van der Waals surface area contributed by atoms with E-state index >= 15 is 0 Å². The van der Waals surface area contributed by atoms with E-state index in [0.29, 0.717) is 0 Å². The molecular weight excluding hydrogens is 358 g/mol. The number of methoxy groups -OCH3 is 2. The number of benzene rings is 2. The zero-order chi connectivity index (χ0) is 19.2. The standard InChI is InChI=1S/C21H25N3O2S/c1-15-5-7-16(8-6-15)14-20-22-21(27-23-20)24(2)12-11-17-9-10-18(25-3)19(13-17)26-4/h5-10,13H,11-12,14H2,1-4H3. The third-order valence-electron chi connectivity index (χ3n) is 4.45. The van der Waals surface area contributed by atoms with Gasteiger partial charge in [-0.15, -0.1) is 0 Å². The molecule has 1 heterocycles. The number of ether oxygens (including phenoxy) is 2. The molecular formula is C21H25N3O2S. The number of hydrogen-bond donors (Lipinski definition) is 0. The molecule has 0 saturated carbocycles. The van der Waals surface area contributed by atoms with Gasteiger partial charge < -0.3 is 14.4 Å². The third-order valence-corrected chi connectivity index (χ3v) is 5.32. The van der Waals surface area contributed by atoms with Crippen molar-refractivity contribution in [2.24, 2.45) is 0 Å². The first-order valence-electron chi connectivity index (χ1n) is 8.89. The topological polar surface area (TPSA) is 47.5 Å². The highest BCUT2D eigenvalue weighted by Gasteiger charge is 2.11. The van der Waals surface area contributed by atoms with E-state index in [1.54, 1.807) is 14.2 Å². The molecule has 0 bridgehead atoms. The maximum Gasteiger partial charge on any atom is 0.204 e. The van der Waals surface area contributed by atoms with Crippen molar-refractivity contribution >= 4 is 16.7 Å². The number of aromatic nitrogens is 2. The van der Waals surface area contributed by atoms with Gasteiger partial charge in [-0.25, -0.2) is 4.98 Å². The van der Waals surface area contributed by atoms with E-state index in [-0.39, 0.29) is 0 Å². The van der Waals surface area contributed by atoms with Crippen molar-refractivity contribution in [3.63, 3.8) is 0 Å². The number of hydrogen-bond acceptors (Lipinski definition) is 6. The summed E-state index contributed by atoms with van der Waals surface area (Å²) in [7, 11) is 5.36. The molecule has 142 valence electrons. The maximum atomic E-state index is 5.38. The highest BCUT2D eigenvalue weighted by molar-refractivity contribution is 7.09. The first-order valence-corrected chi connectivity index (χ1v) is 9.66. The predicted molar refractivity (Wildman–Crippen MR) is 110 cm³/mol. The van der Waals surface area contributed by atoms with Gasteiger partial charge >= 0.3 is 0 Å². The van der Waals surface area contributed by atoms with Gasteiger partial charge in [-0.3, -0.25) is 0 Å². The molecule has 3 aromatic rings. The zero-order valence-electron chi connectivity index (χ0n) is 16.2. The Hall–Kier alpha value is -2.60. The van der Waals surface area contributed by atoms with Crippen LogP contribution in [-0.4, -0.2) is 37.2 Å². The van der Waals surface area contributed by atoms with E-state index in [1.165, 1.54) is 28.2 Å². The van der Waals surface area contributed by atoms with Crippen LogP contribution in [0.2, 0.25) is 0 Å². The van der Waals surface area contributed by atoms with E-state index < -0.39 is 0 Å². The second-order valence-electron chi connectivity index (χ2n) is 6.52. The molecule has 0 aliphatic carbocycles. The largest absolute Gasteiger partial charge is 0.493 e. The molecule has 0 aliphatic rings. The summed E-state index contributed by atoms with van der Waals surface area (Å²) in [5, 5.41) is 0.942. The lowest BCUT2D eigenvalue weighted by molar-refractivity contribution is 0.354. The van der Waals surface area contributed by atoms with E-state index in [0.717, 1.165) is 41.8 Å². The van der Waals surface area contributed by atoms with Crippen LogP contribution in [0.3, 0.4) is 0 Å². The Morgan fingerprint density at radius 1 is 0.963 bits per heavy atom. The summed E-state index contributed by atoms with van der Waals surface area (Å²) in [5.74, 6) is 2.38. The summed E-state index contributed by atoms with van der Waals surface area (Å²) in [6, 6.07) is 14.6. The minimum absolute atomic E-state index is 0.750. The Kier molecular flexibility index (Phi) is 6.29. The minimum Gasteiger partial charge on any atom is -0.493 e. The van der Waals surface area contributed by atoms with Gasteiger partial charge in [0.1, 0.15) is 5.82 Å². The van der Waals surface area contributed by atoms with Crippen LogP contribution in [0.15, 0.2) is 42.5 Å². The molecule has 0 atom stereocenters. The number of anilines is 1. The van der Waals surface area contributed by atoms with Crippen molar-refractivity contribution in [1.82, 2.24) is 9.36 Å². The van der Waals surface area contributed by atoms with Crippen LogP contribution in [0.4, 0.5) is 5.13 Å². The number of aryl methyl sites for hydroxylation is 1. The summed E-state index contributed by atoms with van der Waals surface area (Å²) in [5.41, 5.74) is 3.70. The van der Waals surface area contributed by atoms with Crippen LogP contribution in [0.5, 0.6) is 11.5 Å². The Morgan fingerprint density at radius 2 is 1.67 bits per heavy atom. The van der Waals surface area contributed by atoms with Crippen molar-refractivity contribution in [2.45, 2.75) is 19.8 Å². The molecule has 1 aromatic heterocycles. The van der Waals surface area contributed by atoms with Crippen molar-refractivity contribution in [3.8, 4) is 11.5 Å². The smallest absolute Gasteiger partial charge is 0.204 e. The van der Waals surface area contributed by atoms with Gasteiger partial charge in [-0.1, -0.05) is 35.9 Å². The van der Waals surface area contributed by atoms with Gasteiger partial charge in [0.05, 0.1) is 14.2 Å². The van der Waals surface area contributed by atoms with Crippen LogP contribution in [-0.2, 0) is 12.8 Å². The average molecular weight is 384 g/mol. The Morgan fingerprint density at radius 3 is 2.37 bits per heavy atom. The quantitative estimate of drug-likeness (QED) is 0.585. The summed E-state index contributed by atoms with van der Waals surface area (Å²) < 4.78 is 15.2. The molecule has 0 saturated heterocycles. The maximum absolute atomic E-state index is 5.38. The number of nitrogens with zero attached hydrogens (tertiary/aromatic N) is 3. The fourth-order valence-electron chi connectivity index (χ4n) is 2.79. The minimum atomic E-state index is 0.750. The van der Waals surface area contributed by atoms with Crippen LogP contribution in [0, 0.1) is 6.92 Å². The van der Waals surface area contributed by atoms with Crippen LogP contribution >= 0.6 is 11.5 Å². The van der Waals surface area contributed by atoms with Gasteiger partial charge in [-0.05, 0) is 36.6 Å². The molecule has 0 unspecified atom stereocenters. The average Bonchev–Trinajstić information content (AvgIpc) is 3.16. The second kappa shape index (κ2) is 8.86. The summed E-state index contributed by atoms with van der Waals surface area (Å²) in [6.45, 7) is 2.95. The first-order chi connectivity index (χ1) is 13.1. The lowest BCUT2D eigenvalue weighted by atomic mass is 10.1. The molecule has 0 aliphatic heterocycles. The van der Waals surface area contributed by atoms with Gasteiger partial charge in [0, 0.05) is 31.5 Å². The first kappa shape index (κ1) is 19.2. The molecule has 6 heteroatoms. The SMILES string of the molecule is COc1ccc(CCN(C)c2nc(Cc3ccc(C)cc3)ns2)cc1OC. The molecule has 2 aromatic carbocycles. The van der Waals surface area contributed by atoms with Gasteiger partial charge in [-0.2, -0.15) is 4.37 Å². The fourth-order valence-corrected chi connectivity index (χ4v) is 3.46. The molecule has 0 amide bonds. The van der Waals surface area contributed by atoms with Gasteiger partial charge in [0.15, 0.2) is 11.5 Å². The Bertz CT molecular complexity index is 877. The molecule has 27 heavy (non-hydrogen) atoms. The molecule has 0 spiro atoms. The highest BCUT2D eigenvalue weighted by Crippen LogP contribution is 2.28. The van der Waals surface area contributed by atoms with Crippen molar-refractivity contribution in [1.29, 1.82) is 0 Å². The van der Waals surface area contributed by atoms with Gasteiger partial charge in [0.25, 0.3) is 0 Å². The summed E-state index contributed by atoms with van der Waals surface area (Å²) in [4.78, 5) is 6.84. The van der Waals surface area contributed by atoms with Crippen molar-refractivity contribution in [3.05, 3.63) is 65.0 Å². The number of rotatable bonds is 8. The lowest BCUT2D eigenvalue weighted by Crippen LogP contribution is -2.20. The normalized spacial score (nSPS) is 10.7. The van der Waals surface area contributed by atoms with Crippen molar-refractivity contribution in [2.75, 3.05) is 32.7 Å². The zero-order valence-corrected chi connectivity index (χ0v) is 17.0.